The van der Waals surface area contributed by atoms with Crippen molar-refractivity contribution in [1.82, 2.24) is 10.1 Å². The fourth-order valence-electron chi connectivity index (χ4n) is 2.71. The molecule has 25 heavy (non-hydrogen) atoms. The highest BCUT2D eigenvalue weighted by atomic mass is 16.6. The molecule has 1 aliphatic rings. The fraction of sp³-hybridized carbons (Fsp3) is 0.684. The van der Waals surface area contributed by atoms with Crippen molar-refractivity contribution in [2.24, 2.45) is 5.92 Å². The predicted molar refractivity (Wildman–Crippen MR) is 98.5 cm³/mol. The molecule has 6 nitrogen and oxygen atoms in total. The van der Waals surface area contributed by atoms with E-state index >= 15 is 0 Å². The molecule has 1 N–H and O–H groups in total. The molecule has 1 amide bonds. The van der Waals surface area contributed by atoms with E-state index in [-0.39, 0.29) is 17.4 Å². The Labute approximate surface area is 150 Å². The fourth-order valence-corrected chi connectivity index (χ4v) is 2.71. The van der Waals surface area contributed by atoms with Crippen LogP contribution >= 0.6 is 0 Å². The third-order valence-corrected chi connectivity index (χ3v) is 4.10. The number of aromatic nitrogens is 1. The molecule has 0 aliphatic carbocycles. The molecule has 1 unspecified atom stereocenters. The van der Waals surface area contributed by atoms with Crippen LogP contribution in [0.3, 0.4) is 0 Å². The van der Waals surface area contributed by atoms with Crippen LogP contribution < -0.4 is 5.32 Å². The average Bonchev–Trinajstić information content (AvgIpc) is 2.94. The Balaban J connectivity index is 1.95. The second-order valence-electron chi connectivity index (χ2n) is 8.74. The molecule has 1 aliphatic heterocycles. The van der Waals surface area contributed by atoms with Crippen LogP contribution in [-0.4, -0.2) is 34.8 Å². The summed E-state index contributed by atoms with van der Waals surface area (Å²) in [5.74, 6) is 1.64. The van der Waals surface area contributed by atoms with E-state index in [1.54, 1.807) is 4.90 Å². The van der Waals surface area contributed by atoms with E-state index in [4.69, 9.17) is 9.26 Å². The van der Waals surface area contributed by atoms with Gasteiger partial charge in [0.25, 0.3) is 0 Å². The first-order valence-electron chi connectivity index (χ1n) is 8.86. The van der Waals surface area contributed by atoms with Gasteiger partial charge in [-0.25, -0.2) is 4.79 Å². The molecule has 0 saturated carbocycles. The summed E-state index contributed by atoms with van der Waals surface area (Å²) in [6.07, 6.45) is 1.65. The van der Waals surface area contributed by atoms with Crippen LogP contribution in [0.15, 0.2) is 22.9 Å². The lowest BCUT2D eigenvalue weighted by Gasteiger charge is -2.34. The smallest absolute Gasteiger partial charge is 0.410 e. The van der Waals surface area contributed by atoms with Crippen molar-refractivity contribution >= 4 is 11.9 Å². The Hall–Kier alpha value is -1.98. The zero-order valence-electron chi connectivity index (χ0n) is 16.3. The third-order valence-electron chi connectivity index (χ3n) is 4.10. The van der Waals surface area contributed by atoms with Gasteiger partial charge >= 0.3 is 6.09 Å². The van der Waals surface area contributed by atoms with Crippen LogP contribution in [0.5, 0.6) is 0 Å². The number of rotatable bonds is 3. The maximum absolute atomic E-state index is 12.3. The lowest BCUT2D eigenvalue weighted by atomic mass is 9.93. The molecule has 1 saturated heterocycles. The molecule has 2 heterocycles. The van der Waals surface area contributed by atoms with Crippen molar-refractivity contribution in [2.75, 3.05) is 18.4 Å². The van der Waals surface area contributed by atoms with Gasteiger partial charge in [0, 0.05) is 36.2 Å². The first-order valence-corrected chi connectivity index (χ1v) is 8.86. The molecule has 1 aromatic heterocycles. The van der Waals surface area contributed by atoms with Crippen LogP contribution in [0.25, 0.3) is 0 Å². The average molecular weight is 349 g/mol. The molecule has 2 rings (SSSR count). The van der Waals surface area contributed by atoms with E-state index in [0.717, 1.165) is 30.8 Å². The third kappa shape index (κ3) is 5.51. The predicted octanol–water partition coefficient (Wildman–Crippen LogP) is 4.54. The van der Waals surface area contributed by atoms with Crippen molar-refractivity contribution in [3.05, 3.63) is 24.1 Å². The minimum Gasteiger partial charge on any atom is -0.444 e. The summed E-state index contributed by atoms with van der Waals surface area (Å²) in [5.41, 5.74) is 0.276. The molecule has 1 atom stereocenters. The zero-order chi connectivity index (χ0) is 18.8. The van der Waals surface area contributed by atoms with Gasteiger partial charge in [-0.05, 0) is 33.6 Å². The number of carbonyl (C=O) groups is 1. The lowest BCUT2D eigenvalue weighted by Crippen LogP contribution is -2.43. The normalized spacial score (nSPS) is 18.8. The van der Waals surface area contributed by atoms with Crippen LogP contribution in [-0.2, 0) is 10.2 Å². The lowest BCUT2D eigenvalue weighted by molar-refractivity contribution is 0.0183. The molecule has 140 valence electrons. The van der Waals surface area contributed by atoms with Crippen molar-refractivity contribution < 1.29 is 14.1 Å². The first-order chi connectivity index (χ1) is 11.5. The van der Waals surface area contributed by atoms with Gasteiger partial charge in [-0.2, -0.15) is 0 Å². The Morgan fingerprint density at radius 3 is 2.60 bits per heavy atom. The monoisotopic (exact) mass is 349 g/mol. The molecule has 0 spiro atoms. The number of ether oxygens (including phenoxy) is 1. The summed E-state index contributed by atoms with van der Waals surface area (Å²) in [6.45, 7) is 17.3. The van der Waals surface area contributed by atoms with E-state index in [2.05, 4.69) is 37.8 Å². The van der Waals surface area contributed by atoms with E-state index in [1.807, 2.05) is 26.8 Å². The summed E-state index contributed by atoms with van der Waals surface area (Å²) in [5, 5.41) is 7.30. The molecular weight excluding hydrogens is 318 g/mol. The van der Waals surface area contributed by atoms with Gasteiger partial charge in [-0.3, -0.25) is 0 Å². The van der Waals surface area contributed by atoms with Crippen molar-refractivity contribution in [3.63, 3.8) is 0 Å². The molecule has 1 fully saturated rings. The van der Waals surface area contributed by atoms with Gasteiger partial charge in [0.05, 0.1) is 0 Å². The van der Waals surface area contributed by atoms with Gasteiger partial charge in [0.15, 0.2) is 5.82 Å². The number of carbonyl (C=O) groups excluding carboxylic acids is 1. The Morgan fingerprint density at radius 1 is 1.36 bits per heavy atom. The van der Waals surface area contributed by atoms with Gasteiger partial charge in [-0.1, -0.05) is 32.5 Å². The van der Waals surface area contributed by atoms with Gasteiger partial charge in [0.1, 0.15) is 11.4 Å². The topological polar surface area (TPSA) is 67.6 Å². The van der Waals surface area contributed by atoms with Crippen molar-refractivity contribution in [1.29, 1.82) is 0 Å². The number of anilines is 1. The number of hydrogen-bond acceptors (Lipinski definition) is 5. The number of nitrogens with one attached hydrogen (secondary N) is 1. The number of amides is 1. The minimum absolute atomic E-state index is 0.0907. The molecular formula is C19H31N3O3. The van der Waals surface area contributed by atoms with Gasteiger partial charge < -0.3 is 19.5 Å². The summed E-state index contributed by atoms with van der Waals surface area (Å²) >= 11 is 0. The van der Waals surface area contributed by atoms with Crippen molar-refractivity contribution in [2.45, 2.75) is 65.4 Å². The largest absolute Gasteiger partial charge is 0.444 e. The van der Waals surface area contributed by atoms with Crippen LogP contribution in [0.1, 0.15) is 60.1 Å². The molecule has 0 bridgehead atoms. The maximum Gasteiger partial charge on any atom is 0.410 e. The number of nitrogens with zero attached hydrogens (tertiary/aromatic N) is 2. The minimum atomic E-state index is -0.483. The number of hydrogen-bond donors (Lipinski definition) is 1. The first kappa shape index (κ1) is 19.3. The van der Waals surface area contributed by atoms with E-state index < -0.39 is 5.60 Å². The summed E-state index contributed by atoms with van der Waals surface area (Å²) < 4.78 is 10.9. The van der Waals surface area contributed by atoms with Gasteiger partial charge in [0.2, 0.25) is 0 Å². The maximum atomic E-state index is 12.3. The van der Waals surface area contributed by atoms with Gasteiger partial charge in [-0.15, -0.1) is 0 Å². The highest BCUT2D eigenvalue weighted by molar-refractivity contribution is 5.68. The summed E-state index contributed by atoms with van der Waals surface area (Å²) in [6, 6.07) is 1.90. The van der Waals surface area contributed by atoms with Crippen LogP contribution in [0.2, 0.25) is 0 Å². The van der Waals surface area contributed by atoms with E-state index in [1.165, 1.54) is 0 Å². The molecule has 0 radical (unpaired) electrons. The zero-order valence-corrected chi connectivity index (χ0v) is 16.3. The van der Waals surface area contributed by atoms with Crippen LogP contribution in [0, 0.1) is 5.92 Å². The molecule has 0 aromatic carbocycles. The van der Waals surface area contributed by atoms with E-state index in [0.29, 0.717) is 12.4 Å². The van der Waals surface area contributed by atoms with Crippen LogP contribution in [0.4, 0.5) is 10.6 Å². The Bertz CT molecular complexity index is 623. The molecule has 1 aromatic rings. The van der Waals surface area contributed by atoms with Crippen molar-refractivity contribution in [3.8, 4) is 0 Å². The highest BCUT2D eigenvalue weighted by Crippen LogP contribution is 2.28. The Kier molecular flexibility index (Phi) is 5.49. The highest BCUT2D eigenvalue weighted by Gasteiger charge is 2.29. The Morgan fingerprint density at radius 2 is 2.04 bits per heavy atom. The summed E-state index contributed by atoms with van der Waals surface area (Å²) in [7, 11) is 0. The second-order valence-corrected chi connectivity index (χ2v) is 8.74. The number of likely N-dealkylation sites (tertiary alicyclic amines) is 1. The standard InChI is InChI=1S/C19H31N3O3/c1-13(20-16-11-15(25-21-16)18(2,3)4)14-9-8-10-22(12-14)17(23)24-19(5,6)7/h11,14H,1,8-10,12H2,2-7H3,(H,20,21). The second kappa shape index (κ2) is 7.10. The molecule has 6 heteroatoms. The quantitative estimate of drug-likeness (QED) is 0.867. The number of piperidine rings is 1. The SMILES string of the molecule is C=C(Nc1cc(C(C)(C)C)on1)C1CCCN(C(=O)OC(C)(C)C)C1. The van der Waals surface area contributed by atoms with E-state index in [9.17, 15) is 4.79 Å². The summed E-state index contributed by atoms with van der Waals surface area (Å²) in [4.78, 5) is 14.0.